The second kappa shape index (κ2) is 8.58. The van der Waals surface area contributed by atoms with E-state index < -0.39 is 0 Å². The molecular weight excluding hydrogens is 299 g/mol. The van der Waals surface area contributed by atoms with Crippen LogP contribution in [0.5, 0.6) is 0 Å². The van der Waals surface area contributed by atoms with Gasteiger partial charge in [0.2, 0.25) is 0 Å². The summed E-state index contributed by atoms with van der Waals surface area (Å²) in [7, 11) is 1.68. The third-order valence-electron chi connectivity index (χ3n) is 2.58. The molecule has 1 rings (SSSR count). The third-order valence-corrected chi connectivity index (χ3v) is 3.08. The summed E-state index contributed by atoms with van der Waals surface area (Å²) in [4.78, 5) is 0. The minimum absolute atomic E-state index is 0.176. The van der Waals surface area contributed by atoms with Gasteiger partial charge in [0.1, 0.15) is 5.82 Å². The molecule has 0 heterocycles. The average molecular weight is 319 g/mol. The predicted molar refractivity (Wildman–Crippen MR) is 75.1 cm³/mol. The van der Waals surface area contributed by atoms with E-state index in [-0.39, 0.29) is 11.9 Å². The molecule has 0 amide bonds. The molecule has 0 saturated heterocycles. The molecule has 3 nitrogen and oxygen atoms in total. The molecule has 0 aromatic heterocycles. The minimum atomic E-state index is -0.176. The van der Waals surface area contributed by atoms with Crippen LogP contribution in [0.4, 0.5) is 4.39 Å². The molecule has 0 fully saturated rings. The van der Waals surface area contributed by atoms with Crippen LogP contribution >= 0.6 is 15.9 Å². The summed E-state index contributed by atoms with van der Waals surface area (Å²) in [6, 6.07) is 5.25. The van der Waals surface area contributed by atoms with E-state index in [9.17, 15) is 4.39 Å². The molecule has 1 unspecified atom stereocenters. The predicted octanol–water partition coefficient (Wildman–Crippen LogP) is 2.30. The Morgan fingerprint density at radius 3 is 2.94 bits per heavy atom. The second-order valence-corrected chi connectivity index (χ2v) is 5.13. The van der Waals surface area contributed by atoms with Crippen LogP contribution in [0, 0.1) is 5.82 Å². The van der Waals surface area contributed by atoms with Crippen LogP contribution in [0.25, 0.3) is 0 Å². The van der Waals surface area contributed by atoms with Gasteiger partial charge in [0.05, 0.1) is 6.61 Å². The van der Waals surface area contributed by atoms with Crippen LogP contribution < -0.4 is 10.6 Å². The molecule has 0 aliphatic carbocycles. The summed E-state index contributed by atoms with van der Waals surface area (Å²) in [5.41, 5.74) is 0.674. The monoisotopic (exact) mass is 318 g/mol. The van der Waals surface area contributed by atoms with E-state index in [0.717, 1.165) is 17.6 Å². The lowest BCUT2D eigenvalue weighted by Crippen LogP contribution is -2.37. The van der Waals surface area contributed by atoms with Crippen molar-refractivity contribution in [2.45, 2.75) is 19.5 Å². The Bertz CT molecular complexity index is 363. The van der Waals surface area contributed by atoms with Gasteiger partial charge in [-0.15, -0.1) is 0 Å². The van der Waals surface area contributed by atoms with Gasteiger partial charge >= 0.3 is 0 Å². The zero-order valence-electron chi connectivity index (χ0n) is 10.8. The summed E-state index contributed by atoms with van der Waals surface area (Å²) in [6.07, 6.45) is 0. The SMILES string of the molecule is COCCNCC(C)NCc1cc(Br)ccc1F. The molecule has 0 spiro atoms. The largest absolute Gasteiger partial charge is 0.383 e. The minimum Gasteiger partial charge on any atom is -0.383 e. The van der Waals surface area contributed by atoms with Gasteiger partial charge in [-0.25, -0.2) is 4.39 Å². The van der Waals surface area contributed by atoms with E-state index in [0.29, 0.717) is 18.7 Å². The molecule has 0 radical (unpaired) electrons. The first-order valence-corrected chi connectivity index (χ1v) is 6.79. The number of ether oxygens (including phenoxy) is 1. The highest BCUT2D eigenvalue weighted by molar-refractivity contribution is 9.10. The molecule has 0 aliphatic rings. The highest BCUT2D eigenvalue weighted by atomic mass is 79.9. The smallest absolute Gasteiger partial charge is 0.127 e. The zero-order chi connectivity index (χ0) is 13.4. The Morgan fingerprint density at radius 1 is 1.44 bits per heavy atom. The van der Waals surface area contributed by atoms with Gasteiger partial charge < -0.3 is 15.4 Å². The molecule has 0 aliphatic heterocycles. The van der Waals surface area contributed by atoms with Gasteiger partial charge in [-0.3, -0.25) is 0 Å². The Kier molecular flexibility index (Phi) is 7.42. The normalized spacial score (nSPS) is 12.7. The second-order valence-electron chi connectivity index (χ2n) is 4.21. The van der Waals surface area contributed by atoms with Crippen molar-refractivity contribution in [1.82, 2.24) is 10.6 Å². The van der Waals surface area contributed by atoms with Crippen molar-refractivity contribution in [3.63, 3.8) is 0 Å². The lowest BCUT2D eigenvalue weighted by atomic mass is 10.2. The molecule has 0 bridgehead atoms. The van der Waals surface area contributed by atoms with E-state index in [1.807, 2.05) is 0 Å². The van der Waals surface area contributed by atoms with Crippen molar-refractivity contribution in [2.24, 2.45) is 0 Å². The van der Waals surface area contributed by atoms with Crippen molar-refractivity contribution >= 4 is 15.9 Å². The van der Waals surface area contributed by atoms with Gasteiger partial charge in [-0.2, -0.15) is 0 Å². The van der Waals surface area contributed by atoms with E-state index in [4.69, 9.17) is 4.74 Å². The Balaban J connectivity index is 2.29. The van der Waals surface area contributed by atoms with E-state index in [1.54, 1.807) is 19.2 Å². The molecule has 18 heavy (non-hydrogen) atoms. The number of methoxy groups -OCH3 is 1. The van der Waals surface area contributed by atoms with Crippen molar-refractivity contribution in [3.05, 3.63) is 34.1 Å². The maximum absolute atomic E-state index is 13.5. The average Bonchev–Trinajstić information content (AvgIpc) is 2.36. The maximum Gasteiger partial charge on any atom is 0.127 e. The molecular formula is C13H20BrFN2O. The van der Waals surface area contributed by atoms with Crippen molar-refractivity contribution in [2.75, 3.05) is 26.8 Å². The molecule has 1 aromatic rings. The summed E-state index contributed by atoms with van der Waals surface area (Å²) in [5, 5.41) is 6.54. The number of halogens is 2. The van der Waals surface area contributed by atoms with Crippen LogP contribution in [0.1, 0.15) is 12.5 Å². The third kappa shape index (κ3) is 5.91. The highest BCUT2D eigenvalue weighted by Gasteiger charge is 2.05. The fraction of sp³-hybridized carbons (Fsp3) is 0.538. The first-order chi connectivity index (χ1) is 8.63. The van der Waals surface area contributed by atoms with Crippen LogP contribution in [-0.4, -0.2) is 32.8 Å². The van der Waals surface area contributed by atoms with E-state index in [2.05, 4.69) is 33.5 Å². The quantitative estimate of drug-likeness (QED) is 0.722. The molecule has 5 heteroatoms. The first-order valence-electron chi connectivity index (χ1n) is 6.00. The topological polar surface area (TPSA) is 33.3 Å². The van der Waals surface area contributed by atoms with Gasteiger partial charge in [-0.1, -0.05) is 15.9 Å². The zero-order valence-corrected chi connectivity index (χ0v) is 12.4. The highest BCUT2D eigenvalue weighted by Crippen LogP contribution is 2.15. The lowest BCUT2D eigenvalue weighted by molar-refractivity contribution is 0.198. The fourth-order valence-electron chi connectivity index (χ4n) is 1.53. The van der Waals surface area contributed by atoms with Crippen molar-refractivity contribution in [3.8, 4) is 0 Å². The van der Waals surface area contributed by atoms with Crippen molar-refractivity contribution < 1.29 is 9.13 Å². The molecule has 1 aromatic carbocycles. The number of hydrogen-bond acceptors (Lipinski definition) is 3. The van der Waals surface area contributed by atoms with Crippen LogP contribution in [0.15, 0.2) is 22.7 Å². The van der Waals surface area contributed by atoms with Crippen LogP contribution in [-0.2, 0) is 11.3 Å². The summed E-state index contributed by atoms with van der Waals surface area (Å²) >= 11 is 3.34. The molecule has 0 saturated carbocycles. The standard InChI is InChI=1S/C13H20BrFN2O/c1-10(8-16-5-6-18-2)17-9-11-7-12(14)3-4-13(11)15/h3-4,7,10,16-17H,5-6,8-9H2,1-2H3. The van der Waals surface area contributed by atoms with E-state index in [1.165, 1.54) is 6.07 Å². The fourth-order valence-corrected chi connectivity index (χ4v) is 1.94. The van der Waals surface area contributed by atoms with Crippen LogP contribution in [0.3, 0.4) is 0 Å². The molecule has 1 atom stereocenters. The maximum atomic E-state index is 13.5. The van der Waals surface area contributed by atoms with Gasteiger partial charge in [0, 0.05) is 42.8 Å². The number of benzene rings is 1. The molecule has 102 valence electrons. The lowest BCUT2D eigenvalue weighted by Gasteiger charge is -2.15. The Morgan fingerprint density at radius 2 is 2.22 bits per heavy atom. The first kappa shape index (κ1) is 15.6. The Labute approximate surface area is 116 Å². The number of rotatable bonds is 8. The van der Waals surface area contributed by atoms with Crippen LogP contribution in [0.2, 0.25) is 0 Å². The van der Waals surface area contributed by atoms with Gasteiger partial charge in [0.25, 0.3) is 0 Å². The number of nitrogens with one attached hydrogen (secondary N) is 2. The van der Waals surface area contributed by atoms with Gasteiger partial charge in [0.15, 0.2) is 0 Å². The van der Waals surface area contributed by atoms with Gasteiger partial charge in [-0.05, 0) is 25.1 Å². The summed E-state index contributed by atoms with van der Waals surface area (Å²) in [5.74, 6) is -0.176. The van der Waals surface area contributed by atoms with Crippen molar-refractivity contribution in [1.29, 1.82) is 0 Å². The number of hydrogen-bond donors (Lipinski definition) is 2. The Hall–Kier alpha value is -0.490. The van der Waals surface area contributed by atoms with E-state index >= 15 is 0 Å². The summed E-state index contributed by atoms with van der Waals surface area (Å²) in [6.45, 7) is 4.95. The molecule has 2 N–H and O–H groups in total. The summed E-state index contributed by atoms with van der Waals surface area (Å²) < 4.78 is 19.3.